The quantitative estimate of drug-likeness (QED) is 0.305. The SMILES string of the molecule is CC(C)N(CCCOCCN)CC(C)(C)NCCOCCOCCO. The number of ether oxygens (including phenoxy) is 3. The number of aliphatic hydroxyl groups excluding tert-OH is 1. The standard InChI is InChI=1S/C18H41N3O4/c1-17(2)21(8-5-10-23-11-6-19)16-18(3,4)20-7-12-24-14-15-25-13-9-22/h17,20,22H,5-16,19H2,1-4H3. The minimum Gasteiger partial charge on any atom is -0.394 e. The van der Waals surface area contributed by atoms with Crippen LogP contribution in [0.25, 0.3) is 0 Å². The summed E-state index contributed by atoms with van der Waals surface area (Å²) in [7, 11) is 0. The summed E-state index contributed by atoms with van der Waals surface area (Å²) in [4.78, 5) is 2.47. The first-order valence-corrected chi connectivity index (χ1v) is 9.46. The first-order chi connectivity index (χ1) is 11.9. The van der Waals surface area contributed by atoms with Crippen LogP contribution in [0.4, 0.5) is 0 Å². The fraction of sp³-hybridized carbons (Fsp3) is 1.00. The molecule has 7 heteroatoms. The average molecular weight is 364 g/mol. The number of nitrogens with two attached hydrogens (primary N) is 1. The van der Waals surface area contributed by atoms with Crippen LogP contribution in [0.1, 0.15) is 34.1 Å². The van der Waals surface area contributed by atoms with Crippen molar-refractivity contribution >= 4 is 0 Å². The van der Waals surface area contributed by atoms with E-state index in [1.807, 2.05) is 0 Å². The summed E-state index contributed by atoms with van der Waals surface area (Å²) in [5.41, 5.74) is 5.44. The van der Waals surface area contributed by atoms with E-state index >= 15 is 0 Å². The van der Waals surface area contributed by atoms with E-state index in [-0.39, 0.29) is 12.1 Å². The molecule has 0 aliphatic heterocycles. The maximum atomic E-state index is 8.61. The van der Waals surface area contributed by atoms with Crippen LogP contribution in [-0.4, -0.2) is 94.0 Å². The second-order valence-corrected chi connectivity index (χ2v) is 7.08. The molecule has 0 rings (SSSR count). The van der Waals surface area contributed by atoms with E-state index in [9.17, 15) is 0 Å². The molecule has 0 bridgehead atoms. The Morgan fingerprint density at radius 1 is 1.00 bits per heavy atom. The predicted molar refractivity (Wildman–Crippen MR) is 102 cm³/mol. The smallest absolute Gasteiger partial charge is 0.0701 e. The molecule has 0 fully saturated rings. The molecule has 0 amide bonds. The van der Waals surface area contributed by atoms with E-state index in [4.69, 9.17) is 25.1 Å². The van der Waals surface area contributed by atoms with E-state index in [1.54, 1.807) is 0 Å². The Hall–Kier alpha value is -0.280. The second kappa shape index (κ2) is 15.9. The molecule has 0 unspecified atom stereocenters. The molecule has 152 valence electrons. The zero-order valence-corrected chi connectivity index (χ0v) is 16.8. The molecule has 25 heavy (non-hydrogen) atoms. The zero-order valence-electron chi connectivity index (χ0n) is 16.8. The normalized spacial score (nSPS) is 12.5. The Labute approximate surface area is 154 Å². The molecule has 0 radical (unpaired) electrons. The topological polar surface area (TPSA) is 89.2 Å². The maximum Gasteiger partial charge on any atom is 0.0701 e. The molecule has 0 aromatic carbocycles. The molecule has 0 aromatic heterocycles. The molecule has 0 heterocycles. The lowest BCUT2D eigenvalue weighted by molar-refractivity contribution is 0.0320. The average Bonchev–Trinajstić information content (AvgIpc) is 2.55. The van der Waals surface area contributed by atoms with E-state index < -0.39 is 0 Å². The number of rotatable bonds is 18. The first-order valence-electron chi connectivity index (χ1n) is 9.46. The van der Waals surface area contributed by atoms with Crippen LogP contribution in [-0.2, 0) is 14.2 Å². The summed E-state index contributed by atoms with van der Waals surface area (Å²) >= 11 is 0. The van der Waals surface area contributed by atoms with E-state index in [2.05, 4.69) is 37.9 Å². The monoisotopic (exact) mass is 363 g/mol. The Bertz CT molecular complexity index is 291. The molecule has 0 spiro atoms. The van der Waals surface area contributed by atoms with Crippen LogP contribution in [0.15, 0.2) is 0 Å². The molecular formula is C18H41N3O4. The van der Waals surface area contributed by atoms with Crippen LogP contribution < -0.4 is 11.1 Å². The molecule has 4 N–H and O–H groups in total. The van der Waals surface area contributed by atoms with Gasteiger partial charge in [-0.05, 0) is 34.1 Å². The van der Waals surface area contributed by atoms with Gasteiger partial charge in [0.2, 0.25) is 0 Å². The molecule has 0 atom stereocenters. The minimum atomic E-state index is 0.0130. The van der Waals surface area contributed by atoms with Crippen molar-refractivity contribution in [1.29, 1.82) is 0 Å². The van der Waals surface area contributed by atoms with Gasteiger partial charge in [0.25, 0.3) is 0 Å². The molecule has 0 aliphatic carbocycles. The van der Waals surface area contributed by atoms with Gasteiger partial charge >= 0.3 is 0 Å². The highest BCUT2D eigenvalue weighted by atomic mass is 16.5. The van der Waals surface area contributed by atoms with Crippen molar-refractivity contribution in [2.45, 2.75) is 45.7 Å². The van der Waals surface area contributed by atoms with E-state index in [0.717, 1.165) is 32.7 Å². The van der Waals surface area contributed by atoms with Crippen LogP contribution in [0.3, 0.4) is 0 Å². The lowest BCUT2D eigenvalue weighted by Crippen LogP contribution is -2.52. The summed E-state index contributed by atoms with van der Waals surface area (Å²) in [5.74, 6) is 0. The van der Waals surface area contributed by atoms with Crippen LogP contribution in [0.2, 0.25) is 0 Å². The number of nitrogens with one attached hydrogen (secondary N) is 1. The van der Waals surface area contributed by atoms with Gasteiger partial charge in [0.15, 0.2) is 0 Å². The van der Waals surface area contributed by atoms with Crippen molar-refractivity contribution in [2.24, 2.45) is 5.73 Å². The molecule has 0 saturated heterocycles. The van der Waals surface area contributed by atoms with Gasteiger partial charge in [-0.15, -0.1) is 0 Å². The molecule has 0 aliphatic rings. The summed E-state index contributed by atoms with van der Waals surface area (Å²) in [6, 6.07) is 0.496. The van der Waals surface area contributed by atoms with Gasteiger partial charge in [-0.2, -0.15) is 0 Å². The van der Waals surface area contributed by atoms with Gasteiger partial charge < -0.3 is 30.4 Å². The van der Waals surface area contributed by atoms with Crippen LogP contribution in [0.5, 0.6) is 0 Å². The fourth-order valence-corrected chi connectivity index (χ4v) is 2.49. The van der Waals surface area contributed by atoms with E-state index in [1.165, 1.54) is 0 Å². The van der Waals surface area contributed by atoms with Crippen LogP contribution in [0, 0.1) is 0 Å². The second-order valence-electron chi connectivity index (χ2n) is 7.08. The molecule has 0 saturated carbocycles. The predicted octanol–water partition coefficient (Wildman–Crippen LogP) is 0.456. The van der Waals surface area contributed by atoms with Gasteiger partial charge in [0, 0.05) is 44.4 Å². The van der Waals surface area contributed by atoms with Crippen molar-refractivity contribution in [3.63, 3.8) is 0 Å². The van der Waals surface area contributed by atoms with Gasteiger partial charge in [0.05, 0.1) is 39.6 Å². The Balaban J connectivity index is 3.89. The third-order valence-corrected chi connectivity index (χ3v) is 3.78. The van der Waals surface area contributed by atoms with Gasteiger partial charge in [0.1, 0.15) is 0 Å². The Morgan fingerprint density at radius 3 is 2.24 bits per heavy atom. The van der Waals surface area contributed by atoms with Crippen molar-refractivity contribution in [3.05, 3.63) is 0 Å². The third-order valence-electron chi connectivity index (χ3n) is 3.78. The summed E-state index contributed by atoms with van der Waals surface area (Å²) in [6.45, 7) is 15.8. The summed E-state index contributed by atoms with van der Waals surface area (Å²) < 4.78 is 16.1. The number of hydrogen-bond acceptors (Lipinski definition) is 7. The number of aliphatic hydroxyl groups is 1. The minimum absolute atomic E-state index is 0.0130. The van der Waals surface area contributed by atoms with Crippen molar-refractivity contribution in [3.8, 4) is 0 Å². The van der Waals surface area contributed by atoms with Crippen LogP contribution >= 0.6 is 0 Å². The fourth-order valence-electron chi connectivity index (χ4n) is 2.49. The third kappa shape index (κ3) is 15.7. The van der Waals surface area contributed by atoms with Crippen molar-refractivity contribution < 1.29 is 19.3 Å². The van der Waals surface area contributed by atoms with Crippen molar-refractivity contribution in [2.75, 3.05) is 72.4 Å². The summed E-state index contributed by atoms with van der Waals surface area (Å²) in [6.07, 6.45) is 1.02. The highest BCUT2D eigenvalue weighted by molar-refractivity contribution is 4.83. The van der Waals surface area contributed by atoms with Gasteiger partial charge in [-0.1, -0.05) is 0 Å². The zero-order chi connectivity index (χ0) is 19.0. The van der Waals surface area contributed by atoms with E-state index in [0.29, 0.717) is 45.6 Å². The van der Waals surface area contributed by atoms with Crippen molar-refractivity contribution in [1.82, 2.24) is 10.2 Å². The summed E-state index contributed by atoms with van der Waals surface area (Å²) in [5, 5.41) is 12.2. The van der Waals surface area contributed by atoms with Gasteiger partial charge in [-0.25, -0.2) is 0 Å². The Kier molecular flexibility index (Phi) is 15.8. The lowest BCUT2D eigenvalue weighted by atomic mass is 10.0. The maximum absolute atomic E-state index is 8.61. The highest BCUT2D eigenvalue weighted by Crippen LogP contribution is 2.09. The first kappa shape index (κ1) is 24.7. The highest BCUT2D eigenvalue weighted by Gasteiger charge is 2.22. The molecule has 7 nitrogen and oxygen atoms in total. The molecular weight excluding hydrogens is 322 g/mol. The number of nitrogens with zero attached hydrogens (tertiary/aromatic N) is 1. The number of hydrogen-bond donors (Lipinski definition) is 3. The lowest BCUT2D eigenvalue weighted by Gasteiger charge is -2.36. The largest absolute Gasteiger partial charge is 0.394 e. The molecule has 0 aromatic rings. The Morgan fingerprint density at radius 2 is 1.64 bits per heavy atom. The van der Waals surface area contributed by atoms with Gasteiger partial charge in [-0.3, -0.25) is 4.90 Å².